The summed E-state index contributed by atoms with van der Waals surface area (Å²) in [5.74, 6) is -1.44. The minimum absolute atomic E-state index is 0.0161. The van der Waals surface area contributed by atoms with Crippen LogP contribution in [0.15, 0.2) is 20.0 Å². The fraction of sp³-hybridized carbons (Fsp3) is 0.760. The molecule has 0 spiro atoms. The molecule has 4 rings (SSSR count). The van der Waals surface area contributed by atoms with Gasteiger partial charge in [0.15, 0.2) is 46.2 Å². The van der Waals surface area contributed by atoms with Crippen molar-refractivity contribution < 1.29 is 38.7 Å². The van der Waals surface area contributed by atoms with Crippen LogP contribution in [0.2, 0.25) is 0 Å². The molecule has 0 aromatic rings. The Balaban J connectivity index is 2.03. The number of nitrogens with zero attached hydrogens (tertiary/aromatic N) is 6. The van der Waals surface area contributed by atoms with E-state index in [2.05, 4.69) is 20.0 Å². The highest BCUT2D eigenvalue weighted by molar-refractivity contribution is 5.90. The van der Waals surface area contributed by atoms with E-state index in [-0.39, 0.29) is 26.4 Å². The molecule has 0 aliphatic carbocycles. The molecule has 0 saturated heterocycles. The summed E-state index contributed by atoms with van der Waals surface area (Å²) >= 11 is 0. The van der Waals surface area contributed by atoms with Crippen molar-refractivity contribution in [2.75, 3.05) is 26.4 Å². The van der Waals surface area contributed by atoms with Gasteiger partial charge in [-0.3, -0.25) is 9.59 Å². The van der Waals surface area contributed by atoms with Gasteiger partial charge in [0.1, 0.15) is 38.0 Å². The zero-order valence-electron chi connectivity index (χ0n) is 23.9. The second-order valence-electron chi connectivity index (χ2n) is 11.4. The SMILES string of the molecule is CC1=NC(C)(N(C(C(=O)O)C(C)(C(=O)O)N(C2(C)COC(C)=N2)C2(C)COC(C)=N2)C2(C)COC(C)=N2)CO1. The molecule has 6 atom stereocenters. The zero-order chi connectivity index (χ0) is 29.2. The molecule has 4 aliphatic rings. The van der Waals surface area contributed by atoms with Crippen molar-refractivity contribution in [1.82, 2.24) is 9.80 Å². The number of ether oxygens (including phenoxy) is 4. The summed E-state index contributed by atoms with van der Waals surface area (Å²) in [6.07, 6.45) is 0. The zero-order valence-corrected chi connectivity index (χ0v) is 23.9. The van der Waals surface area contributed by atoms with Gasteiger partial charge in [-0.15, -0.1) is 0 Å². The molecule has 14 nitrogen and oxygen atoms in total. The molecule has 14 heteroatoms. The Morgan fingerprint density at radius 3 is 1.26 bits per heavy atom. The second kappa shape index (κ2) is 9.15. The molecule has 39 heavy (non-hydrogen) atoms. The van der Waals surface area contributed by atoms with Gasteiger partial charge in [-0.05, 0) is 34.6 Å². The quantitative estimate of drug-likeness (QED) is 0.430. The van der Waals surface area contributed by atoms with Crippen LogP contribution in [0.4, 0.5) is 0 Å². The van der Waals surface area contributed by atoms with E-state index in [0.717, 1.165) is 0 Å². The van der Waals surface area contributed by atoms with Crippen LogP contribution in [0.1, 0.15) is 62.3 Å². The summed E-state index contributed by atoms with van der Waals surface area (Å²) in [5.41, 5.74) is -7.45. The Hall–Kier alpha value is -3.26. The van der Waals surface area contributed by atoms with Crippen LogP contribution in [0.5, 0.6) is 0 Å². The maximum absolute atomic E-state index is 13.6. The van der Waals surface area contributed by atoms with Crippen molar-refractivity contribution in [3.63, 3.8) is 0 Å². The van der Waals surface area contributed by atoms with E-state index in [1.807, 2.05) is 0 Å². The van der Waals surface area contributed by atoms with Gasteiger partial charge in [-0.1, -0.05) is 0 Å². The smallest absolute Gasteiger partial charge is 0.326 e. The Kier molecular flexibility index (Phi) is 6.74. The third-order valence-corrected chi connectivity index (χ3v) is 7.73. The summed E-state index contributed by atoms with van der Waals surface area (Å²) in [6, 6.07) is -1.76. The topological polar surface area (TPSA) is 167 Å². The van der Waals surface area contributed by atoms with Gasteiger partial charge < -0.3 is 29.2 Å². The van der Waals surface area contributed by atoms with Gasteiger partial charge in [0, 0.05) is 27.7 Å². The van der Waals surface area contributed by atoms with Crippen molar-refractivity contribution in [3.8, 4) is 0 Å². The lowest BCUT2D eigenvalue weighted by molar-refractivity contribution is -0.199. The minimum Gasteiger partial charge on any atom is -0.480 e. The van der Waals surface area contributed by atoms with Crippen molar-refractivity contribution in [2.24, 2.45) is 20.0 Å². The van der Waals surface area contributed by atoms with Crippen LogP contribution in [-0.4, -0.2) is 116 Å². The first-order chi connectivity index (χ1) is 17.9. The number of aliphatic carboxylic acids is 2. The third kappa shape index (κ3) is 4.52. The van der Waals surface area contributed by atoms with Gasteiger partial charge in [0.2, 0.25) is 0 Å². The fourth-order valence-corrected chi connectivity index (χ4v) is 6.59. The molecule has 2 N–H and O–H groups in total. The first kappa shape index (κ1) is 28.7. The molecule has 0 radical (unpaired) electrons. The summed E-state index contributed by atoms with van der Waals surface area (Å²) in [6.45, 7) is 14.7. The van der Waals surface area contributed by atoms with Crippen LogP contribution in [0, 0.1) is 0 Å². The van der Waals surface area contributed by atoms with Gasteiger partial charge in [-0.2, -0.15) is 0 Å². The van der Waals surface area contributed by atoms with Crippen molar-refractivity contribution in [1.29, 1.82) is 0 Å². The van der Waals surface area contributed by atoms with Crippen LogP contribution < -0.4 is 0 Å². The van der Waals surface area contributed by atoms with Crippen LogP contribution in [-0.2, 0) is 28.5 Å². The molecule has 0 bridgehead atoms. The molecule has 4 heterocycles. The maximum Gasteiger partial charge on any atom is 0.326 e. The monoisotopic (exact) mass is 550 g/mol. The Labute approximate surface area is 227 Å². The molecule has 216 valence electrons. The van der Waals surface area contributed by atoms with E-state index in [0.29, 0.717) is 23.6 Å². The van der Waals surface area contributed by atoms with E-state index < -0.39 is 46.2 Å². The van der Waals surface area contributed by atoms with E-state index in [4.69, 9.17) is 18.9 Å². The van der Waals surface area contributed by atoms with E-state index in [1.54, 1.807) is 55.4 Å². The summed E-state index contributed by atoms with van der Waals surface area (Å²) in [4.78, 5) is 48.7. The second-order valence-corrected chi connectivity index (χ2v) is 11.4. The Morgan fingerprint density at radius 1 is 0.718 bits per heavy atom. The molecule has 0 aromatic heterocycles. The average Bonchev–Trinajstić information content (AvgIpc) is 3.54. The van der Waals surface area contributed by atoms with Gasteiger partial charge >= 0.3 is 11.9 Å². The highest BCUT2D eigenvalue weighted by atomic mass is 16.5. The lowest BCUT2D eigenvalue weighted by Crippen LogP contribution is -2.80. The molecule has 6 unspecified atom stereocenters. The van der Waals surface area contributed by atoms with Crippen LogP contribution >= 0.6 is 0 Å². The normalized spacial score (nSPS) is 36.2. The minimum atomic E-state index is -2.20. The first-order valence-corrected chi connectivity index (χ1v) is 12.7. The van der Waals surface area contributed by atoms with Crippen LogP contribution in [0.25, 0.3) is 0 Å². The van der Waals surface area contributed by atoms with Gasteiger partial charge in [-0.25, -0.2) is 29.8 Å². The molecule has 0 amide bonds. The Bertz CT molecular complexity index is 1130. The number of carbonyl (C=O) groups is 2. The molecular weight excluding hydrogens is 512 g/mol. The summed E-state index contributed by atoms with van der Waals surface area (Å²) < 4.78 is 22.8. The van der Waals surface area contributed by atoms with E-state index in [1.165, 1.54) is 16.7 Å². The number of aliphatic imine (C=N–C) groups is 4. The number of hydrogen-bond donors (Lipinski definition) is 2. The highest BCUT2D eigenvalue weighted by Gasteiger charge is 2.68. The Morgan fingerprint density at radius 2 is 1.03 bits per heavy atom. The van der Waals surface area contributed by atoms with Crippen molar-refractivity contribution >= 4 is 35.5 Å². The van der Waals surface area contributed by atoms with Gasteiger partial charge in [0.05, 0.1) is 0 Å². The average molecular weight is 551 g/mol. The fourth-order valence-electron chi connectivity index (χ4n) is 6.59. The summed E-state index contributed by atoms with van der Waals surface area (Å²) in [7, 11) is 0. The molecule has 0 aromatic carbocycles. The van der Waals surface area contributed by atoms with E-state index in [9.17, 15) is 19.8 Å². The molecule has 0 saturated carbocycles. The number of carboxylic acid groups (broad SMARTS) is 2. The molecule has 4 aliphatic heterocycles. The van der Waals surface area contributed by atoms with Crippen molar-refractivity contribution in [2.45, 2.75) is 96.5 Å². The standard InChI is InChI=1S/C25H38N6O8/c1-14-26-21(5,10-36-14)30(22(6)11-37-15(2)27-22)18(19(32)33)25(9,20(34)35)31(23(7)12-38-16(3)28-23)24(8)13-39-17(4)29-24/h18H,10-13H2,1-9H3,(H,32,33)(H,34,35). The first-order valence-electron chi connectivity index (χ1n) is 12.7. The molecular formula is C25H38N6O8. The molecule has 0 fully saturated rings. The predicted molar refractivity (Wildman–Crippen MR) is 141 cm³/mol. The maximum atomic E-state index is 13.6. The number of hydrogen-bond acceptors (Lipinski definition) is 12. The van der Waals surface area contributed by atoms with E-state index >= 15 is 0 Å². The predicted octanol–water partition coefficient (Wildman–Crippen LogP) is 1.55. The van der Waals surface area contributed by atoms with Gasteiger partial charge in [0.25, 0.3) is 0 Å². The third-order valence-electron chi connectivity index (χ3n) is 7.73. The van der Waals surface area contributed by atoms with Crippen molar-refractivity contribution in [3.05, 3.63) is 0 Å². The summed E-state index contributed by atoms with van der Waals surface area (Å²) in [5, 5.41) is 22.0. The van der Waals surface area contributed by atoms with Crippen LogP contribution in [0.3, 0.4) is 0 Å². The number of rotatable bonds is 9. The largest absolute Gasteiger partial charge is 0.480 e. The number of carboxylic acids is 2. The lowest BCUT2D eigenvalue weighted by atomic mass is 9.81. The highest BCUT2D eigenvalue weighted by Crippen LogP contribution is 2.47. The lowest BCUT2D eigenvalue weighted by Gasteiger charge is -2.57.